The lowest BCUT2D eigenvalue weighted by Crippen LogP contribution is -2.34. The molecule has 0 spiro atoms. The van der Waals surface area contributed by atoms with Crippen molar-refractivity contribution in [2.75, 3.05) is 32.8 Å². The smallest absolute Gasteiger partial charge is 0.113 e. The van der Waals surface area contributed by atoms with Crippen LogP contribution < -0.4 is 5.32 Å². The van der Waals surface area contributed by atoms with E-state index in [4.69, 9.17) is 9.72 Å². The second-order valence-electron chi connectivity index (χ2n) is 4.62. The largest absolute Gasteiger partial charge is 0.378 e. The fraction of sp³-hybridized carbons (Fsp3) is 0.750. The van der Waals surface area contributed by atoms with Gasteiger partial charge < -0.3 is 10.1 Å². The van der Waals surface area contributed by atoms with Crippen molar-refractivity contribution in [1.82, 2.24) is 15.2 Å². The molecule has 0 radical (unpaired) electrons. The second-order valence-corrected chi connectivity index (χ2v) is 5.74. The molecule has 0 bridgehead atoms. The van der Waals surface area contributed by atoms with Crippen LogP contribution in [0.2, 0.25) is 0 Å². The van der Waals surface area contributed by atoms with Gasteiger partial charge in [-0.3, -0.25) is 4.90 Å². The van der Waals surface area contributed by atoms with Crippen LogP contribution in [0, 0.1) is 0 Å². The summed E-state index contributed by atoms with van der Waals surface area (Å²) in [4.78, 5) is 8.73. The van der Waals surface area contributed by atoms with Gasteiger partial charge in [-0.25, -0.2) is 4.98 Å². The third-order valence-corrected chi connectivity index (χ3v) is 4.69. The Hall–Kier alpha value is -0.490. The Morgan fingerprint density at radius 3 is 3.29 bits per heavy atom. The van der Waals surface area contributed by atoms with E-state index in [1.165, 1.54) is 15.6 Å². The first-order valence-electron chi connectivity index (χ1n) is 6.38. The summed E-state index contributed by atoms with van der Waals surface area (Å²) in [6.45, 7) is 8.13. The lowest BCUT2D eigenvalue weighted by molar-refractivity contribution is 0.0767. The van der Waals surface area contributed by atoms with E-state index in [-0.39, 0.29) is 0 Å². The number of thiazole rings is 1. The fourth-order valence-electron chi connectivity index (χ4n) is 2.41. The third-order valence-electron chi connectivity index (χ3n) is 3.49. The number of hydrogen-bond donors (Lipinski definition) is 1. The van der Waals surface area contributed by atoms with Gasteiger partial charge in [-0.1, -0.05) is 6.92 Å². The molecule has 1 aromatic rings. The molecule has 3 heterocycles. The summed E-state index contributed by atoms with van der Waals surface area (Å²) in [5.41, 5.74) is 1.32. The Bertz CT molecular complexity index is 387. The molecule has 94 valence electrons. The molecule has 0 amide bonds. The van der Waals surface area contributed by atoms with Gasteiger partial charge in [0.05, 0.1) is 24.9 Å². The molecule has 1 unspecified atom stereocenters. The predicted octanol–water partition coefficient (Wildman–Crippen LogP) is 1.18. The summed E-state index contributed by atoms with van der Waals surface area (Å²) >= 11 is 1.87. The van der Waals surface area contributed by atoms with Crippen LogP contribution in [0.4, 0.5) is 0 Å². The Morgan fingerprint density at radius 2 is 2.53 bits per heavy atom. The number of morpholine rings is 1. The molecule has 1 atom stereocenters. The van der Waals surface area contributed by atoms with E-state index < -0.39 is 0 Å². The van der Waals surface area contributed by atoms with Gasteiger partial charge in [-0.15, -0.1) is 11.3 Å². The molecule has 2 aliphatic heterocycles. The minimum Gasteiger partial charge on any atom is -0.378 e. The molecule has 1 aromatic heterocycles. The molecule has 0 saturated carbocycles. The fourth-order valence-corrected chi connectivity index (χ4v) is 3.63. The number of nitrogens with one attached hydrogen (secondary N) is 1. The highest BCUT2D eigenvalue weighted by atomic mass is 32.1. The molecule has 1 saturated heterocycles. The van der Waals surface area contributed by atoms with Crippen LogP contribution in [0.3, 0.4) is 0 Å². The standard InChI is InChI=1S/C12H19N3OS/c1-2-15-5-3-9-11(7-15)17-12(14-9)10-8-16-6-4-13-10/h10,13H,2-8H2,1H3. The van der Waals surface area contributed by atoms with E-state index in [2.05, 4.69) is 17.1 Å². The molecule has 1 fully saturated rings. The maximum Gasteiger partial charge on any atom is 0.113 e. The summed E-state index contributed by atoms with van der Waals surface area (Å²) in [7, 11) is 0. The van der Waals surface area contributed by atoms with Crippen molar-refractivity contribution < 1.29 is 4.74 Å². The van der Waals surface area contributed by atoms with E-state index in [9.17, 15) is 0 Å². The van der Waals surface area contributed by atoms with Crippen LogP contribution in [0.15, 0.2) is 0 Å². The van der Waals surface area contributed by atoms with Gasteiger partial charge in [0.1, 0.15) is 5.01 Å². The number of fused-ring (bicyclic) bond motifs is 1. The molecule has 1 N–H and O–H groups in total. The molecule has 17 heavy (non-hydrogen) atoms. The van der Waals surface area contributed by atoms with Crippen molar-refractivity contribution in [2.24, 2.45) is 0 Å². The van der Waals surface area contributed by atoms with Crippen molar-refractivity contribution in [1.29, 1.82) is 0 Å². The highest BCUT2D eigenvalue weighted by Crippen LogP contribution is 2.29. The number of aromatic nitrogens is 1. The van der Waals surface area contributed by atoms with Gasteiger partial charge in [0.25, 0.3) is 0 Å². The van der Waals surface area contributed by atoms with Crippen LogP contribution in [0.25, 0.3) is 0 Å². The second kappa shape index (κ2) is 5.02. The minimum absolute atomic E-state index is 0.314. The molecular formula is C12H19N3OS. The van der Waals surface area contributed by atoms with Gasteiger partial charge >= 0.3 is 0 Å². The third kappa shape index (κ3) is 2.38. The molecule has 5 heteroatoms. The average Bonchev–Trinajstić information content (AvgIpc) is 2.82. The zero-order valence-corrected chi connectivity index (χ0v) is 11.1. The maximum absolute atomic E-state index is 5.50. The number of nitrogens with zero attached hydrogens (tertiary/aromatic N) is 2. The lowest BCUT2D eigenvalue weighted by Gasteiger charge is -2.23. The van der Waals surface area contributed by atoms with Gasteiger partial charge in [0.15, 0.2) is 0 Å². The summed E-state index contributed by atoms with van der Waals surface area (Å²) in [5.74, 6) is 0. The van der Waals surface area contributed by atoms with Gasteiger partial charge in [-0.05, 0) is 6.54 Å². The van der Waals surface area contributed by atoms with Crippen LogP contribution in [-0.4, -0.2) is 42.7 Å². The summed E-state index contributed by atoms with van der Waals surface area (Å²) in [5, 5.41) is 4.69. The summed E-state index contributed by atoms with van der Waals surface area (Å²) in [6.07, 6.45) is 1.10. The minimum atomic E-state index is 0.314. The predicted molar refractivity (Wildman–Crippen MR) is 68.3 cm³/mol. The summed E-state index contributed by atoms with van der Waals surface area (Å²) < 4.78 is 5.50. The highest BCUT2D eigenvalue weighted by molar-refractivity contribution is 7.11. The monoisotopic (exact) mass is 253 g/mol. The van der Waals surface area contributed by atoms with Crippen LogP contribution in [0.5, 0.6) is 0 Å². The quantitative estimate of drug-likeness (QED) is 0.859. The maximum atomic E-state index is 5.50. The van der Waals surface area contributed by atoms with Crippen LogP contribution in [-0.2, 0) is 17.7 Å². The van der Waals surface area contributed by atoms with Crippen molar-refractivity contribution in [2.45, 2.75) is 25.9 Å². The topological polar surface area (TPSA) is 37.4 Å². The summed E-state index contributed by atoms with van der Waals surface area (Å²) in [6, 6.07) is 0.314. The number of rotatable bonds is 2. The number of hydrogen-bond acceptors (Lipinski definition) is 5. The van der Waals surface area contributed by atoms with Crippen molar-refractivity contribution in [3.63, 3.8) is 0 Å². The van der Waals surface area contributed by atoms with Gasteiger partial charge in [-0.2, -0.15) is 0 Å². The SMILES string of the molecule is CCN1CCc2nc(C3COCCN3)sc2C1. The van der Waals surface area contributed by atoms with Crippen molar-refractivity contribution in [3.8, 4) is 0 Å². The van der Waals surface area contributed by atoms with E-state index in [1.807, 2.05) is 11.3 Å². The Labute approximate surface area is 106 Å². The average molecular weight is 253 g/mol. The highest BCUT2D eigenvalue weighted by Gasteiger charge is 2.24. The van der Waals surface area contributed by atoms with E-state index >= 15 is 0 Å². The van der Waals surface area contributed by atoms with E-state index in [0.717, 1.165) is 45.8 Å². The van der Waals surface area contributed by atoms with Crippen LogP contribution in [0.1, 0.15) is 28.5 Å². The Balaban J connectivity index is 1.77. The zero-order valence-electron chi connectivity index (χ0n) is 10.2. The van der Waals surface area contributed by atoms with E-state index in [1.54, 1.807) is 0 Å². The van der Waals surface area contributed by atoms with Gasteiger partial charge in [0.2, 0.25) is 0 Å². The first kappa shape index (κ1) is 11.6. The van der Waals surface area contributed by atoms with Crippen molar-refractivity contribution in [3.05, 3.63) is 15.6 Å². The molecule has 0 aliphatic carbocycles. The van der Waals surface area contributed by atoms with Gasteiger partial charge in [0, 0.05) is 30.9 Å². The van der Waals surface area contributed by atoms with Crippen molar-refractivity contribution >= 4 is 11.3 Å². The number of ether oxygens (including phenoxy) is 1. The zero-order chi connectivity index (χ0) is 11.7. The molecule has 4 nitrogen and oxygen atoms in total. The molecule has 3 rings (SSSR count). The molecule has 2 aliphatic rings. The van der Waals surface area contributed by atoms with Crippen LogP contribution >= 0.6 is 11.3 Å². The lowest BCUT2D eigenvalue weighted by atomic mass is 10.2. The first-order chi connectivity index (χ1) is 8.36. The molecule has 0 aromatic carbocycles. The van der Waals surface area contributed by atoms with E-state index in [0.29, 0.717) is 6.04 Å². The Kier molecular flexibility index (Phi) is 3.42. The normalized spacial score (nSPS) is 25.8. The molecular weight excluding hydrogens is 234 g/mol. The number of likely N-dealkylation sites (N-methyl/N-ethyl adjacent to an activating group) is 1. The Morgan fingerprint density at radius 1 is 1.59 bits per heavy atom. The first-order valence-corrected chi connectivity index (χ1v) is 7.20.